The largest absolute Gasteiger partial charge is 0.496 e. The smallest absolute Gasteiger partial charge is 0.123 e. The Kier molecular flexibility index (Phi) is 6.77. The molecule has 0 N–H and O–H groups in total. The van der Waals surface area contributed by atoms with Crippen LogP contribution in [0.3, 0.4) is 0 Å². The van der Waals surface area contributed by atoms with Crippen molar-refractivity contribution in [3.63, 3.8) is 0 Å². The van der Waals surface area contributed by atoms with Gasteiger partial charge in [-0.25, -0.2) is 4.98 Å². The highest BCUT2D eigenvalue weighted by atomic mass is 16.5. The number of hydrogen-bond acceptors (Lipinski definition) is 5. The first kappa shape index (κ1) is 20.6. The molecule has 6 heteroatoms. The van der Waals surface area contributed by atoms with Crippen molar-refractivity contribution in [2.45, 2.75) is 45.5 Å². The summed E-state index contributed by atoms with van der Waals surface area (Å²) in [6.45, 7) is 6.21. The molecule has 0 amide bonds. The molecule has 1 aromatic carbocycles. The lowest BCUT2D eigenvalue weighted by atomic mass is 10.1. The zero-order chi connectivity index (χ0) is 20.8. The molecule has 6 nitrogen and oxygen atoms in total. The van der Waals surface area contributed by atoms with Crippen molar-refractivity contribution >= 4 is 0 Å². The molecule has 1 atom stereocenters. The molecule has 30 heavy (non-hydrogen) atoms. The molecule has 3 heterocycles. The number of nitrogens with zero attached hydrogens (tertiary/aromatic N) is 4. The van der Waals surface area contributed by atoms with Crippen LogP contribution in [-0.4, -0.2) is 45.8 Å². The third-order valence-electron chi connectivity index (χ3n) is 5.61. The molecule has 2 aromatic heterocycles. The molecular weight excluding hydrogens is 376 g/mol. The van der Waals surface area contributed by atoms with Crippen molar-refractivity contribution in [2.24, 2.45) is 0 Å². The number of rotatable bonds is 9. The van der Waals surface area contributed by atoms with E-state index in [9.17, 15) is 0 Å². The molecule has 0 unspecified atom stereocenters. The van der Waals surface area contributed by atoms with Gasteiger partial charge in [0.1, 0.15) is 11.6 Å². The van der Waals surface area contributed by atoms with Crippen LogP contribution < -0.4 is 4.74 Å². The van der Waals surface area contributed by atoms with E-state index in [1.54, 1.807) is 7.11 Å². The summed E-state index contributed by atoms with van der Waals surface area (Å²) in [6.07, 6.45) is 8.29. The number of imidazole rings is 1. The summed E-state index contributed by atoms with van der Waals surface area (Å²) < 4.78 is 13.7. The number of pyridine rings is 1. The number of benzene rings is 1. The summed E-state index contributed by atoms with van der Waals surface area (Å²) in [7, 11) is 1.73. The quantitative estimate of drug-likeness (QED) is 0.541. The van der Waals surface area contributed by atoms with E-state index in [0.29, 0.717) is 6.10 Å². The van der Waals surface area contributed by atoms with Crippen molar-refractivity contribution < 1.29 is 9.47 Å². The van der Waals surface area contributed by atoms with Gasteiger partial charge in [0.15, 0.2) is 0 Å². The number of methoxy groups -OCH3 is 1. The second-order valence-corrected chi connectivity index (χ2v) is 7.87. The maximum absolute atomic E-state index is 5.91. The fourth-order valence-electron chi connectivity index (χ4n) is 4.05. The number of hydrogen-bond donors (Lipinski definition) is 0. The normalized spacial score (nSPS) is 16.3. The minimum Gasteiger partial charge on any atom is -0.496 e. The number of aromatic nitrogens is 3. The van der Waals surface area contributed by atoms with Gasteiger partial charge >= 0.3 is 0 Å². The van der Waals surface area contributed by atoms with Crippen LogP contribution >= 0.6 is 0 Å². The fourth-order valence-corrected chi connectivity index (χ4v) is 4.05. The molecule has 1 fully saturated rings. The minimum atomic E-state index is 0.306. The van der Waals surface area contributed by atoms with Crippen molar-refractivity contribution in [1.82, 2.24) is 19.4 Å². The molecule has 0 radical (unpaired) electrons. The summed E-state index contributed by atoms with van der Waals surface area (Å²) in [5.41, 5.74) is 3.50. The summed E-state index contributed by atoms with van der Waals surface area (Å²) in [4.78, 5) is 11.3. The lowest BCUT2D eigenvalue weighted by Crippen LogP contribution is -2.31. The van der Waals surface area contributed by atoms with E-state index in [2.05, 4.69) is 43.7 Å². The number of ether oxygens (including phenoxy) is 2. The van der Waals surface area contributed by atoms with Gasteiger partial charge in [-0.2, -0.15) is 0 Å². The van der Waals surface area contributed by atoms with Gasteiger partial charge in [0, 0.05) is 50.4 Å². The topological polar surface area (TPSA) is 52.4 Å². The lowest BCUT2D eigenvalue weighted by molar-refractivity contribution is 0.0674. The van der Waals surface area contributed by atoms with Gasteiger partial charge in [-0.15, -0.1) is 0 Å². The van der Waals surface area contributed by atoms with Crippen LogP contribution in [0, 0.1) is 6.92 Å². The molecule has 0 spiro atoms. The van der Waals surface area contributed by atoms with E-state index < -0.39 is 0 Å². The van der Waals surface area contributed by atoms with Gasteiger partial charge in [-0.1, -0.05) is 12.1 Å². The Morgan fingerprint density at radius 3 is 2.80 bits per heavy atom. The summed E-state index contributed by atoms with van der Waals surface area (Å²) in [5, 5.41) is 0. The predicted octanol–water partition coefficient (Wildman–Crippen LogP) is 3.82. The predicted molar refractivity (Wildman–Crippen MR) is 116 cm³/mol. The van der Waals surface area contributed by atoms with Crippen molar-refractivity contribution in [3.05, 3.63) is 77.6 Å². The molecule has 1 saturated heterocycles. The zero-order valence-corrected chi connectivity index (χ0v) is 17.8. The second kappa shape index (κ2) is 9.87. The molecule has 3 aromatic rings. The van der Waals surface area contributed by atoms with E-state index in [0.717, 1.165) is 68.5 Å². The zero-order valence-electron chi connectivity index (χ0n) is 17.8. The van der Waals surface area contributed by atoms with Gasteiger partial charge in [-0.3, -0.25) is 9.88 Å². The lowest BCUT2D eigenvalue weighted by Gasteiger charge is -2.25. The molecule has 0 saturated carbocycles. The summed E-state index contributed by atoms with van der Waals surface area (Å²) >= 11 is 0. The molecule has 158 valence electrons. The van der Waals surface area contributed by atoms with Crippen LogP contribution in [0.2, 0.25) is 0 Å². The Bertz CT molecular complexity index is 935. The minimum absolute atomic E-state index is 0.306. The highest BCUT2D eigenvalue weighted by Crippen LogP contribution is 2.23. The van der Waals surface area contributed by atoms with E-state index in [1.807, 2.05) is 37.6 Å². The van der Waals surface area contributed by atoms with Crippen LogP contribution in [0.25, 0.3) is 0 Å². The Morgan fingerprint density at radius 2 is 2.10 bits per heavy atom. The Balaban J connectivity index is 1.53. The summed E-state index contributed by atoms with van der Waals surface area (Å²) in [6, 6.07) is 12.6. The molecular formula is C24H30N4O2. The molecule has 0 aliphatic carbocycles. The van der Waals surface area contributed by atoms with E-state index >= 15 is 0 Å². The Hall–Kier alpha value is -2.70. The van der Waals surface area contributed by atoms with Gasteiger partial charge in [0.25, 0.3) is 0 Å². The highest BCUT2D eigenvalue weighted by Gasteiger charge is 2.20. The SMILES string of the molecule is COc1ccc(CN(Cc2ccccn2)C[C@@H]2CCCO2)cc1Cn1ccnc1C. The molecule has 1 aliphatic rings. The van der Waals surface area contributed by atoms with Gasteiger partial charge in [-0.05, 0) is 49.6 Å². The number of aryl methyl sites for hydroxylation is 1. The van der Waals surface area contributed by atoms with Gasteiger partial charge in [0.2, 0.25) is 0 Å². The first-order valence-electron chi connectivity index (χ1n) is 10.6. The highest BCUT2D eigenvalue weighted by molar-refractivity contribution is 5.37. The van der Waals surface area contributed by atoms with E-state index in [1.165, 1.54) is 5.56 Å². The van der Waals surface area contributed by atoms with Crippen LogP contribution in [0.4, 0.5) is 0 Å². The third kappa shape index (κ3) is 5.26. The monoisotopic (exact) mass is 406 g/mol. The first-order valence-corrected chi connectivity index (χ1v) is 10.6. The average molecular weight is 407 g/mol. The van der Waals surface area contributed by atoms with E-state index in [-0.39, 0.29) is 0 Å². The third-order valence-corrected chi connectivity index (χ3v) is 5.61. The van der Waals surface area contributed by atoms with Crippen LogP contribution in [0.5, 0.6) is 5.75 Å². The maximum atomic E-state index is 5.91. The van der Waals surface area contributed by atoms with Crippen molar-refractivity contribution in [2.75, 3.05) is 20.3 Å². The van der Waals surface area contributed by atoms with E-state index in [4.69, 9.17) is 9.47 Å². The Labute approximate surface area is 178 Å². The fraction of sp³-hybridized carbons (Fsp3) is 0.417. The maximum Gasteiger partial charge on any atom is 0.123 e. The van der Waals surface area contributed by atoms with Gasteiger partial charge < -0.3 is 14.0 Å². The van der Waals surface area contributed by atoms with Crippen molar-refractivity contribution in [1.29, 1.82) is 0 Å². The first-order chi connectivity index (χ1) is 14.7. The molecule has 1 aliphatic heterocycles. The molecule has 4 rings (SSSR count). The standard InChI is InChI=1S/C24H30N4O2/c1-19-25-11-12-28(19)16-21-14-20(8-9-24(21)29-2)15-27(18-23-7-5-13-30-23)17-22-6-3-4-10-26-22/h3-4,6,8-12,14,23H,5,7,13,15-18H2,1-2H3/t23-/m0/s1. The Morgan fingerprint density at radius 1 is 1.17 bits per heavy atom. The molecule has 0 bridgehead atoms. The van der Waals surface area contributed by atoms with Crippen LogP contribution in [0.1, 0.15) is 35.5 Å². The van der Waals surface area contributed by atoms with Gasteiger partial charge in [0.05, 0.1) is 25.5 Å². The van der Waals surface area contributed by atoms with Crippen LogP contribution in [-0.2, 0) is 24.4 Å². The summed E-state index contributed by atoms with van der Waals surface area (Å²) in [5.74, 6) is 1.90. The van der Waals surface area contributed by atoms with Crippen molar-refractivity contribution in [3.8, 4) is 5.75 Å². The average Bonchev–Trinajstić information content (AvgIpc) is 3.41. The van der Waals surface area contributed by atoms with Crippen LogP contribution in [0.15, 0.2) is 55.0 Å². The second-order valence-electron chi connectivity index (χ2n) is 7.87.